The molecule has 4 heteroatoms. The molecular formula is C14H20F2N2. The molecule has 1 saturated heterocycles. The van der Waals surface area contributed by atoms with Gasteiger partial charge in [-0.15, -0.1) is 0 Å². The highest BCUT2D eigenvalue weighted by molar-refractivity contribution is 5.47. The van der Waals surface area contributed by atoms with Crippen LogP contribution in [0.15, 0.2) is 18.2 Å². The maximum Gasteiger partial charge on any atom is 0.146 e. The summed E-state index contributed by atoms with van der Waals surface area (Å²) in [5, 5.41) is 3.33. The van der Waals surface area contributed by atoms with Crippen LogP contribution in [0.3, 0.4) is 0 Å². The molecule has 1 aliphatic rings. The Morgan fingerprint density at radius 1 is 1.28 bits per heavy atom. The van der Waals surface area contributed by atoms with E-state index in [-0.39, 0.29) is 11.6 Å². The summed E-state index contributed by atoms with van der Waals surface area (Å²) in [6.07, 6.45) is 3.40. The van der Waals surface area contributed by atoms with Gasteiger partial charge in [0.05, 0.1) is 5.69 Å². The number of halogens is 2. The summed E-state index contributed by atoms with van der Waals surface area (Å²) in [6.45, 7) is 2.91. The fourth-order valence-electron chi connectivity index (χ4n) is 2.45. The Bertz CT molecular complexity index is 389. The lowest BCUT2D eigenvalue weighted by atomic mass is 9.94. The zero-order chi connectivity index (χ0) is 13.0. The van der Waals surface area contributed by atoms with Gasteiger partial charge in [0.15, 0.2) is 0 Å². The van der Waals surface area contributed by atoms with E-state index < -0.39 is 0 Å². The van der Waals surface area contributed by atoms with Gasteiger partial charge in [-0.05, 0) is 50.4 Å². The standard InChI is InChI=1S/C14H20F2N2/c1-18(9-6-11-4-7-17-8-5-11)14-10-12(15)2-3-13(14)16/h2-3,10-11,17H,4-9H2,1H3. The van der Waals surface area contributed by atoms with Gasteiger partial charge in [0.1, 0.15) is 11.6 Å². The van der Waals surface area contributed by atoms with E-state index >= 15 is 0 Å². The number of piperidine rings is 1. The van der Waals surface area contributed by atoms with Crippen LogP contribution >= 0.6 is 0 Å². The van der Waals surface area contributed by atoms with Gasteiger partial charge < -0.3 is 10.2 Å². The van der Waals surface area contributed by atoms with E-state index in [0.717, 1.165) is 32.1 Å². The highest BCUT2D eigenvalue weighted by Gasteiger charge is 2.15. The smallest absolute Gasteiger partial charge is 0.146 e. The minimum absolute atomic E-state index is 0.351. The highest BCUT2D eigenvalue weighted by Crippen LogP contribution is 2.22. The monoisotopic (exact) mass is 254 g/mol. The van der Waals surface area contributed by atoms with Crippen molar-refractivity contribution < 1.29 is 8.78 Å². The number of hydrogen-bond donors (Lipinski definition) is 1. The average molecular weight is 254 g/mol. The fourth-order valence-corrected chi connectivity index (χ4v) is 2.45. The molecule has 1 fully saturated rings. The molecule has 0 bridgehead atoms. The van der Waals surface area contributed by atoms with Crippen LogP contribution in [0.5, 0.6) is 0 Å². The van der Waals surface area contributed by atoms with E-state index in [1.54, 1.807) is 4.90 Å². The number of hydrogen-bond acceptors (Lipinski definition) is 2. The Morgan fingerprint density at radius 2 is 2.00 bits per heavy atom. The highest BCUT2D eigenvalue weighted by atomic mass is 19.1. The van der Waals surface area contributed by atoms with Crippen molar-refractivity contribution in [3.05, 3.63) is 29.8 Å². The van der Waals surface area contributed by atoms with Gasteiger partial charge in [0.2, 0.25) is 0 Å². The van der Waals surface area contributed by atoms with E-state index in [0.29, 0.717) is 11.6 Å². The normalized spacial score (nSPS) is 16.8. The first-order valence-electron chi connectivity index (χ1n) is 6.53. The molecule has 0 aromatic heterocycles. The fraction of sp³-hybridized carbons (Fsp3) is 0.571. The van der Waals surface area contributed by atoms with E-state index in [1.165, 1.54) is 25.0 Å². The van der Waals surface area contributed by atoms with Gasteiger partial charge in [0.25, 0.3) is 0 Å². The van der Waals surface area contributed by atoms with E-state index in [4.69, 9.17) is 0 Å². The van der Waals surface area contributed by atoms with Crippen LogP contribution in [0.2, 0.25) is 0 Å². The number of nitrogens with zero attached hydrogens (tertiary/aromatic N) is 1. The molecule has 1 aromatic rings. The van der Waals surface area contributed by atoms with Gasteiger partial charge >= 0.3 is 0 Å². The third-order valence-electron chi connectivity index (χ3n) is 3.65. The Morgan fingerprint density at radius 3 is 2.72 bits per heavy atom. The van der Waals surface area contributed by atoms with Crippen molar-refractivity contribution in [1.82, 2.24) is 5.32 Å². The Kier molecular flexibility index (Phi) is 4.53. The molecule has 0 spiro atoms. The van der Waals surface area contributed by atoms with Crippen molar-refractivity contribution in [1.29, 1.82) is 0 Å². The topological polar surface area (TPSA) is 15.3 Å². The molecule has 100 valence electrons. The summed E-state index contributed by atoms with van der Waals surface area (Å²) in [6, 6.07) is 3.60. The van der Waals surface area contributed by atoms with Crippen LogP contribution in [0, 0.1) is 17.6 Å². The van der Waals surface area contributed by atoms with Crippen LogP contribution in [-0.2, 0) is 0 Å². The molecule has 0 amide bonds. The van der Waals surface area contributed by atoms with Gasteiger partial charge in [0, 0.05) is 19.7 Å². The van der Waals surface area contributed by atoms with Crippen molar-refractivity contribution in [3.8, 4) is 0 Å². The predicted octanol–water partition coefficient (Wildman–Crippen LogP) is 2.79. The van der Waals surface area contributed by atoms with E-state index in [9.17, 15) is 8.78 Å². The molecule has 0 aliphatic carbocycles. The molecule has 0 atom stereocenters. The first-order valence-corrected chi connectivity index (χ1v) is 6.53. The maximum atomic E-state index is 13.6. The van der Waals surface area contributed by atoms with Crippen molar-refractivity contribution in [2.24, 2.45) is 5.92 Å². The lowest BCUT2D eigenvalue weighted by Gasteiger charge is -2.26. The van der Waals surface area contributed by atoms with Crippen LogP contribution in [-0.4, -0.2) is 26.7 Å². The molecule has 1 aliphatic heterocycles. The first kappa shape index (κ1) is 13.3. The summed E-state index contributed by atoms with van der Waals surface area (Å²) in [4.78, 5) is 1.81. The lowest BCUT2D eigenvalue weighted by molar-refractivity contribution is 0.356. The SMILES string of the molecule is CN(CCC1CCNCC1)c1cc(F)ccc1F. The molecule has 2 nitrogen and oxygen atoms in total. The molecule has 0 unspecified atom stereocenters. The van der Waals surface area contributed by atoms with Crippen LogP contribution in [0.1, 0.15) is 19.3 Å². The average Bonchev–Trinajstić information content (AvgIpc) is 2.40. The third-order valence-corrected chi connectivity index (χ3v) is 3.65. The molecule has 1 N–H and O–H groups in total. The largest absolute Gasteiger partial charge is 0.372 e. The molecule has 0 radical (unpaired) electrons. The van der Waals surface area contributed by atoms with Gasteiger partial charge in [-0.3, -0.25) is 0 Å². The quantitative estimate of drug-likeness (QED) is 0.889. The molecule has 1 heterocycles. The van der Waals surface area contributed by atoms with E-state index in [2.05, 4.69) is 5.32 Å². The first-order chi connectivity index (χ1) is 8.66. The second kappa shape index (κ2) is 6.14. The molecule has 2 rings (SSSR count). The van der Waals surface area contributed by atoms with Crippen LogP contribution in [0.4, 0.5) is 14.5 Å². The minimum Gasteiger partial charge on any atom is -0.372 e. The van der Waals surface area contributed by atoms with Crippen molar-refractivity contribution in [2.75, 3.05) is 31.6 Å². The zero-order valence-corrected chi connectivity index (χ0v) is 10.8. The Labute approximate surface area is 107 Å². The summed E-state index contributed by atoms with van der Waals surface area (Å²) in [5.41, 5.74) is 0.351. The van der Waals surface area contributed by atoms with E-state index in [1.807, 2.05) is 7.05 Å². The maximum absolute atomic E-state index is 13.6. The summed E-state index contributed by atoms with van der Waals surface area (Å²) in [7, 11) is 1.82. The summed E-state index contributed by atoms with van der Waals surface area (Å²) in [5.74, 6) is -0.0466. The number of rotatable bonds is 4. The molecule has 0 saturated carbocycles. The lowest BCUT2D eigenvalue weighted by Crippen LogP contribution is -2.30. The van der Waals surface area contributed by atoms with Crippen LogP contribution < -0.4 is 10.2 Å². The third kappa shape index (κ3) is 3.42. The molecule has 1 aromatic carbocycles. The van der Waals surface area contributed by atoms with Gasteiger partial charge in [-0.25, -0.2) is 8.78 Å². The van der Waals surface area contributed by atoms with Gasteiger partial charge in [-0.2, -0.15) is 0 Å². The number of benzene rings is 1. The molecule has 18 heavy (non-hydrogen) atoms. The van der Waals surface area contributed by atoms with Crippen molar-refractivity contribution >= 4 is 5.69 Å². The number of anilines is 1. The summed E-state index contributed by atoms with van der Waals surface area (Å²) >= 11 is 0. The Balaban J connectivity index is 1.90. The molecular weight excluding hydrogens is 234 g/mol. The van der Waals surface area contributed by atoms with Gasteiger partial charge in [-0.1, -0.05) is 0 Å². The number of nitrogens with one attached hydrogen (secondary N) is 1. The Hall–Kier alpha value is -1.16. The summed E-state index contributed by atoms with van der Waals surface area (Å²) < 4.78 is 26.7. The predicted molar refractivity (Wildman–Crippen MR) is 69.8 cm³/mol. The minimum atomic E-state index is -0.389. The van der Waals surface area contributed by atoms with Crippen LogP contribution in [0.25, 0.3) is 0 Å². The van der Waals surface area contributed by atoms with Crippen molar-refractivity contribution in [3.63, 3.8) is 0 Å². The zero-order valence-electron chi connectivity index (χ0n) is 10.8. The second-order valence-corrected chi connectivity index (χ2v) is 5.00. The van der Waals surface area contributed by atoms with Crippen molar-refractivity contribution in [2.45, 2.75) is 19.3 Å². The second-order valence-electron chi connectivity index (χ2n) is 5.00.